The lowest BCUT2D eigenvalue weighted by molar-refractivity contribution is 0.146. The van der Waals surface area contributed by atoms with E-state index >= 15 is 0 Å². The first-order valence-corrected chi connectivity index (χ1v) is 4.27. The summed E-state index contributed by atoms with van der Waals surface area (Å²) in [6.45, 7) is 0. The fraction of sp³-hybridized carbons (Fsp3) is 0.167. The van der Waals surface area contributed by atoms with E-state index in [1.165, 1.54) is 22.6 Å². The Bertz CT molecular complexity index is 305. The maximum Gasteiger partial charge on any atom is 0.266 e. The van der Waals surface area contributed by atoms with Crippen molar-refractivity contribution in [1.82, 2.24) is 4.98 Å². The SMILES string of the molecule is Fc1c(C(F)F)cc(Cl)nc1I. The Morgan fingerprint density at radius 3 is 2.58 bits per heavy atom. The summed E-state index contributed by atoms with van der Waals surface area (Å²) in [5.41, 5.74) is -0.709. The molecule has 6 heteroatoms. The minimum Gasteiger partial charge on any atom is -0.227 e. The number of alkyl halides is 2. The maximum absolute atomic E-state index is 12.8. The van der Waals surface area contributed by atoms with Gasteiger partial charge in [0.1, 0.15) is 8.85 Å². The van der Waals surface area contributed by atoms with Gasteiger partial charge in [0.15, 0.2) is 5.82 Å². The molecule has 0 amide bonds. The Kier molecular flexibility index (Phi) is 3.16. The molecule has 1 heterocycles. The number of nitrogens with zero attached hydrogens (tertiary/aromatic N) is 1. The van der Waals surface area contributed by atoms with Gasteiger partial charge in [-0.25, -0.2) is 18.2 Å². The zero-order valence-corrected chi connectivity index (χ0v) is 8.41. The molecule has 0 saturated carbocycles. The minimum absolute atomic E-state index is 0.129. The summed E-state index contributed by atoms with van der Waals surface area (Å²) >= 11 is 6.86. The predicted octanol–water partition coefficient (Wildman–Crippen LogP) is 3.42. The molecule has 0 bridgehead atoms. The highest BCUT2D eigenvalue weighted by molar-refractivity contribution is 14.1. The third-order valence-electron chi connectivity index (χ3n) is 1.15. The van der Waals surface area contributed by atoms with Crippen LogP contribution < -0.4 is 0 Å². The van der Waals surface area contributed by atoms with Crippen LogP contribution in [0.3, 0.4) is 0 Å². The van der Waals surface area contributed by atoms with Gasteiger partial charge in [0.2, 0.25) is 0 Å². The molecule has 0 unspecified atom stereocenters. The van der Waals surface area contributed by atoms with E-state index in [1.807, 2.05) is 0 Å². The van der Waals surface area contributed by atoms with Gasteiger partial charge in [-0.15, -0.1) is 0 Å². The van der Waals surface area contributed by atoms with E-state index in [4.69, 9.17) is 11.6 Å². The van der Waals surface area contributed by atoms with E-state index in [9.17, 15) is 13.2 Å². The third-order valence-corrected chi connectivity index (χ3v) is 2.06. The topological polar surface area (TPSA) is 12.9 Å². The zero-order valence-electron chi connectivity index (χ0n) is 5.49. The van der Waals surface area contributed by atoms with Gasteiger partial charge in [0.05, 0.1) is 5.56 Å². The molecule has 0 aliphatic carbocycles. The van der Waals surface area contributed by atoms with Crippen molar-refractivity contribution in [3.63, 3.8) is 0 Å². The molecular weight excluding hydrogens is 305 g/mol. The lowest BCUT2D eigenvalue weighted by Crippen LogP contribution is -1.97. The number of hydrogen-bond acceptors (Lipinski definition) is 1. The molecule has 0 atom stereocenters. The van der Waals surface area contributed by atoms with Gasteiger partial charge in [-0.3, -0.25) is 0 Å². The minimum atomic E-state index is -2.86. The van der Waals surface area contributed by atoms with Crippen molar-refractivity contribution in [3.05, 3.63) is 26.3 Å². The fourth-order valence-electron chi connectivity index (χ4n) is 0.645. The van der Waals surface area contributed by atoms with Crippen LogP contribution in [0.1, 0.15) is 12.0 Å². The third kappa shape index (κ3) is 2.01. The number of rotatable bonds is 1. The van der Waals surface area contributed by atoms with E-state index in [0.717, 1.165) is 6.07 Å². The first kappa shape index (κ1) is 10.0. The summed E-state index contributed by atoms with van der Waals surface area (Å²) in [6, 6.07) is 0.823. The molecule has 0 aliphatic rings. The first-order valence-electron chi connectivity index (χ1n) is 2.82. The van der Waals surface area contributed by atoms with Crippen LogP contribution in [-0.4, -0.2) is 4.98 Å². The van der Waals surface area contributed by atoms with Crippen LogP contribution in [0.2, 0.25) is 5.15 Å². The molecular formula is C6H2ClF3IN. The normalized spacial score (nSPS) is 10.8. The molecule has 1 aromatic rings. The summed E-state index contributed by atoms with van der Waals surface area (Å²) in [7, 11) is 0. The average Bonchev–Trinajstić information content (AvgIpc) is 1.96. The number of hydrogen-bond donors (Lipinski definition) is 0. The number of halogens is 5. The Balaban J connectivity index is 3.28. The van der Waals surface area contributed by atoms with E-state index in [-0.39, 0.29) is 8.85 Å². The van der Waals surface area contributed by atoms with Crippen molar-refractivity contribution in [1.29, 1.82) is 0 Å². The van der Waals surface area contributed by atoms with Crippen molar-refractivity contribution in [2.75, 3.05) is 0 Å². The average molecular weight is 307 g/mol. The summed E-state index contributed by atoms with van der Waals surface area (Å²) in [5, 5.41) is -0.129. The van der Waals surface area contributed by atoms with E-state index in [0.29, 0.717) is 0 Å². The molecule has 12 heavy (non-hydrogen) atoms. The van der Waals surface area contributed by atoms with Gasteiger partial charge in [-0.05, 0) is 28.7 Å². The lowest BCUT2D eigenvalue weighted by Gasteiger charge is -2.02. The predicted molar refractivity (Wildman–Crippen MR) is 46.9 cm³/mol. The van der Waals surface area contributed by atoms with Gasteiger partial charge >= 0.3 is 0 Å². The van der Waals surface area contributed by atoms with Crippen molar-refractivity contribution < 1.29 is 13.2 Å². The molecule has 0 fully saturated rings. The van der Waals surface area contributed by atoms with Crippen LogP contribution in [0.15, 0.2) is 6.07 Å². The van der Waals surface area contributed by atoms with Crippen molar-refractivity contribution >= 4 is 34.2 Å². The monoisotopic (exact) mass is 307 g/mol. The second-order valence-corrected chi connectivity index (χ2v) is 3.35. The molecule has 1 nitrogen and oxygen atoms in total. The van der Waals surface area contributed by atoms with Crippen LogP contribution in [0, 0.1) is 9.52 Å². The zero-order chi connectivity index (χ0) is 9.30. The van der Waals surface area contributed by atoms with Crippen LogP contribution in [0.4, 0.5) is 13.2 Å². The number of pyridine rings is 1. The van der Waals surface area contributed by atoms with Gasteiger partial charge < -0.3 is 0 Å². The van der Waals surface area contributed by atoms with Crippen LogP contribution in [-0.2, 0) is 0 Å². The largest absolute Gasteiger partial charge is 0.266 e. The van der Waals surface area contributed by atoms with Gasteiger partial charge in [-0.1, -0.05) is 11.6 Å². The Morgan fingerprint density at radius 1 is 1.50 bits per heavy atom. The highest BCUT2D eigenvalue weighted by Crippen LogP contribution is 2.26. The Morgan fingerprint density at radius 2 is 2.08 bits per heavy atom. The smallest absolute Gasteiger partial charge is 0.227 e. The molecule has 1 rings (SSSR count). The van der Waals surface area contributed by atoms with Crippen LogP contribution in [0.5, 0.6) is 0 Å². The summed E-state index contributed by atoms with van der Waals surface area (Å²) in [5.74, 6) is -1.00. The molecule has 0 aromatic carbocycles. The quantitative estimate of drug-likeness (QED) is 0.572. The van der Waals surface area contributed by atoms with Crippen molar-refractivity contribution in [2.45, 2.75) is 6.43 Å². The van der Waals surface area contributed by atoms with Crippen LogP contribution >= 0.6 is 34.2 Å². The van der Waals surface area contributed by atoms with Gasteiger partial charge in [0.25, 0.3) is 6.43 Å². The molecule has 0 radical (unpaired) electrons. The summed E-state index contributed by atoms with van der Waals surface area (Å²) < 4.78 is 36.8. The van der Waals surface area contributed by atoms with Crippen molar-refractivity contribution in [2.24, 2.45) is 0 Å². The Hall–Kier alpha value is -0.0400. The summed E-state index contributed by atoms with van der Waals surface area (Å²) in [4.78, 5) is 3.46. The summed E-state index contributed by atoms with van der Waals surface area (Å²) in [6.07, 6.45) is -2.86. The molecule has 66 valence electrons. The second-order valence-electron chi connectivity index (χ2n) is 1.94. The highest BCUT2D eigenvalue weighted by atomic mass is 127. The fourth-order valence-corrected chi connectivity index (χ4v) is 1.56. The second kappa shape index (κ2) is 3.78. The van der Waals surface area contributed by atoms with E-state index in [1.54, 1.807) is 0 Å². The number of aromatic nitrogens is 1. The molecule has 0 spiro atoms. The first-order chi connectivity index (χ1) is 5.52. The highest BCUT2D eigenvalue weighted by Gasteiger charge is 2.17. The van der Waals surface area contributed by atoms with Crippen LogP contribution in [0.25, 0.3) is 0 Å². The molecule has 0 N–H and O–H groups in total. The lowest BCUT2D eigenvalue weighted by atomic mass is 10.3. The maximum atomic E-state index is 12.8. The molecule has 0 aliphatic heterocycles. The van der Waals surface area contributed by atoms with E-state index < -0.39 is 17.8 Å². The molecule has 1 aromatic heterocycles. The molecule has 0 saturated heterocycles. The Labute approximate surface area is 85.1 Å². The van der Waals surface area contributed by atoms with E-state index in [2.05, 4.69) is 4.98 Å². The van der Waals surface area contributed by atoms with Crippen molar-refractivity contribution in [3.8, 4) is 0 Å². The standard InChI is InChI=1S/C6H2ClF3IN/c7-3-1-2(5(9)10)4(8)6(11)12-3/h1,5H. The van der Waals surface area contributed by atoms with Gasteiger partial charge in [0, 0.05) is 0 Å². The van der Waals surface area contributed by atoms with Gasteiger partial charge in [-0.2, -0.15) is 0 Å².